The normalized spacial score (nSPS) is 11.6. The van der Waals surface area contributed by atoms with Crippen molar-refractivity contribution in [2.75, 3.05) is 5.32 Å². The number of hydrogen-bond donors (Lipinski definition) is 1. The molecule has 1 aromatic carbocycles. The highest BCUT2D eigenvalue weighted by Crippen LogP contribution is 2.28. The maximum atomic E-state index is 13.2. The minimum atomic E-state index is -2.28. The Hall–Kier alpha value is -1.18. The molecule has 0 fully saturated rings. The molecule has 1 aromatic rings. The third kappa shape index (κ3) is 2.63. The van der Waals surface area contributed by atoms with Crippen molar-refractivity contribution in [1.82, 2.24) is 0 Å². The van der Waals surface area contributed by atoms with Gasteiger partial charge in [0.2, 0.25) is 11.7 Å². The zero-order valence-corrected chi connectivity index (χ0v) is 10.8. The summed E-state index contributed by atoms with van der Waals surface area (Å²) < 4.78 is 63.5. The Labute approximate surface area is 107 Å². The van der Waals surface area contributed by atoms with Gasteiger partial charge in [0.25, 0.3) is 0 Å². The number of benzene rings is 1. The average molecular weight is 332 g/mol. The predicted molar refractivity (Wildman–Crippen MR) is 57.9 cm³/mol. The summed E-state index contributed by atoms with van der Waals surface area (Å²) in [5, 5.41) is 1.64. The van der Waals surface area contributed by atoms with Gasteiger partial charge in [-0.15, -0.1) is 0 Å². The summed E-state index contributed by atoms with van der Waals surface area (Å²) in [5.74, 6) is -11.6. The highest BCUT2D eigenvalue weighted by molar-refractivity contribution is 9.10. The molecule has 0 unspecified atom stereocenters. The predicted octanol–water partition coefficient (Wildman–Crippen LogP) is 3.49. The van der Waals surface area contributed by atoms with E-state index >= 15 is 0 Å². The van der Waals surface area contributed by atoms with Gasteiger partial charge in [-0.2, -0.15) is 0 Å². The lowest BCUT2D eigenvalue weighted by Gasteiger charge is -2.17. The number of carbonyl (C=O) groups excluding carboxylic acids is 1. The Bertz CT molecular complexity index is 483. The molecule has 2 nitrogen and oxygen atoms in total. The second-order valence-electron chi connectivity index (χ2n) is 3.87. The van der Waals surface area contributed by atoms with Crippen molar-refractivity contribution in [3.8, 4) is 0 Å². The van der Waals surface area contributed by atoms with Crippen molar-refractivity contribution >= 4 is 27.5 Å². The molecule has 0 spiro atoms. The number of alkyl halides is 1. The number of nitrogens with one attached hydrogen (secondary N) is 1. The van der Waals surface area contributed by atoms with Gasteiger partial charge in [0.15, 0.2) is 23.3 Å². The third-order valence-corrected chi connectivity index (χ3v) is 2.35. The molecule has 0 saturated heterocycles. The molecule has 100 valence electrons. The molecular formula is C10H7BrF5NO. The van der Waals surface area contributed by atoms with Crippen LogP contribution in [0.1, 0.15) is 13.8 Å². The second-order valence-corrected chi connectivity index (χ2v) is 5.85. The van der Waals surface area contributed by atoms with E-state index in [4.69, 9.17) is 0 Å². The lowest BCUT2D eigenvalue weighted by atomic mass is 10.2. The highest BCUT2D eigenvalue weighted by atomic mass is 79.9. The van der Waals surface area contributed by atoms with E-state index in [0.29, 0.717) is 0 Å². The summed E-state index contributed by atoms with van der Waals surface area (Å²) in [6.45, 7) is 2.68. The van der Waals surface area contributed by atoms with E-state index in [1.807, 2.05) is 0 Å². The largest absolute Gasteiger partial charge is 0.320 e. The second kappa shape index (κ2) is 4.83. The molecule has 0 heterocycles. The Balaban J connectivity index is 3.31. The van der Waals surface area contributed by atoms with Crippen LogP contribution in [0.3, 0.4) is 0 Å². The fraction of sp³-hybridized carbons (Fsp3) is 0.300. The summed E-state index contributed by atoms with van der Waals surface area (Å²) in [6, 6.07) is 0. The van der Waals surface area contributed by atoms with E-state index in [1.54, 1.807) is 5.32 Å². The van der Waals surface area contributed by atoms with Crippen LogP contribution in [0.5, 0.6) is 0 Å². The van der Waals surface area contributed by atoms with Crippen LogP contribution in [0.25, 0.3) is 0 Å². The van der Waals surface area contributed by atoms with Crippen LogP contribution in [-0.4, -0.2) is 10.2 Å². The zero-order valence-electron chi connectivity index (χ0n) is 9.18. The van der Waals surface area contributed by atoms with Gasteiger partial charge in [-0.3, -0.25) is 4.79 Å². The summed E-state index contributed by atoms with van der Waals surface area (Å²) in [7, 11) is 0. The SMILES string of the molecule is CC(C)(Br)C(=O)Nc1c(F)c(F)c(F)c(F)c1F. The lowest BCUT2D eigenvalue weighted by molar-refractivity contribution is -0.117. The zero-order chi connectivity index (χ0) is 14.2. The minimum absolute atomic E-state index is 0.953. The molecular weight excluding hydrogens is 325 g/mol. The smallest absolute Gasteiger partial charge is 0.240 e. The summed E-state index contributed by atoms with van der Waals surface area (Å²) in [6.07, 6.45) is 0. The fourth-order valence-electron chi connectivity index (χ4n) is 0.977. The average Bonchev–Trinajstić information content (AvgIpc) is 2.28. The molecule has 0 radical (unpaired) electrons. The first-order chi connectivity index (χ1) is 8.07. The first-order valence-corrected chi connectivity index (χ1v) is 5.38. The van der Waals surface area contributed by atoms with Gasteiger partial charge in [-0.05, 0) is 13.8 Å². The van der Waals surface area contributed by atoms with Gasteiger partial charge >= 0.3 is 0 Å². The summed E-state index contributed by atoms with van der Waals surface area (Å²) in [4.78, 5) is 11.4. The Morgan fingerprint density at radius 3 is 1.61 bits per heavy atom. The van der Waals surface area contributed by atoms with Crippen LogP contribution in [0, 0.1) is 29.1 Å². The highest BCUT2D eigenvalue weighted by Gasteiger charge is 2.30. The fourth-order valence-corrected chi connectivity index (χ4v) is 1.08. The van der Waals surface area contributed by atoms with Crippen molar-refractivity contribution in [3.05, 3.63) is 29.1 Å². The van der Waals surface area contributed by atoms with Gasteiger partial charge in [-0.25, -0.2) is 22.0 Å². The van der Waals surface area contributed by atoms with Crippen molar-refractivity contribution in [2.24, 2.45) is 0 Å². The van der Waals surface area contributed by atoms with E-state index in [2.05, 4.69) is 15.9 Å². The van der Waals surface area contributed by atoms with Crippen LogP contribution >= 0.6 is 15.9 Å². The van der Waals surface area contributed by atoms with Gasteiger partial charge in [-0.1, -0.05) is 15.9 Å². The first kappa shape index (κ1) is 14.9. The molecule has 18 heavy (non-hydrogen) atoms. The lowest BCUT2D eigenvalue weighted by Crippen LogP contribution is -2.32. The van der Waals surface area contributed by atoms with Gasteiger partial charge < -0.3 is 5.32 Å². The minimum Gasteiger partial charge on any atom is -0.320 e. The standard InChI is InChI=1S/C10H7BrF5NO/c1-10(2,11)9(18)17-8-6(15)4(13)3(12)5(14)7(8)16/h1-2H3,(H,17,18). The van der Waals surface area contributed by atoms with E-state index < -0.39 is 45.0 Å². The van der Waals surface area contributed by atoms with Gasteiger partial charge in [0.1, 0.15) is 5.69 Å². The topological polar surface area (TPSA) is 29.1 Å². The Morgan fingerprint density at radius 1 is 0.944 bits per heavy atom. The number of hydrogen-bond acceptors (Lipinski definition) is 1. The molecule has 0 aliphatic heterocycles. The molecule has 1 N–H and O–H groups in total. The van der Waals surface area contributed by atoms with Crippen molar-refractivity contribution in [2.45, 2.75) is 18.2 Å². The summed E-state index contributed by atoms with van der Waals surface area (Å²) >= 11 is 2.88. The molecule has 8 heteroatoms. The van der Waals surface area contributed by atoms with Gasteiger partial charge in [0.05, 0.1) is 4.32 Å². The van der Waals surface area contributed by atoms with Crippen molar-refractivity contribution < 1.29 is 26.7 Å². The van der Waals surface area contributed by atoms with E-state index in [0.717, 1.165) is 0 Å². The maximum Gasteiger partial charge on any atom is 0.240 e. The monoisotopic (exact) mass is 331 g/mol. The van der Waals surface area contributed by atoms with Crippen molar-refractivity contribution in [3.63, 3.8) is 0 Å². The van der Waals surface area contributed by atoms with E-state index in [-0.39, 0.29) is 0 Å². The quantitative estimate of drug-likeness (QED) is 0.382. The molecule has 0 saturated carbocycles. The molecule has 0 atom stereocenters. The molecule has 0 aromatic heterocycles. The van der Waals surface area contributed by atoms with Crippen LogP contribution in [-0.2, 0) is 4.79 Å². The molecule has 1 amide bonds. The number of anilines is 1. The Morgan fingerprint density at radius 2 is 1.28 bits per heavy atom. The summed E-state index contributed by atoms with van der Waals surface area (Å²) in [5.41, 5.74) is -1.37. The number of amides is 1. The van der Waals surface area contributed by atoms with E-state index in [9.17, 15) is 26.7 Å². The Kier molecular flexibility index (Phi) is 3.99. The number of rotatable bonds is 2. The number of halogens is 6. The third-order valence-electron chi connectivity index (χ3n) is 1.99. The maximum absolute atomic E-state index is 13.2. The molecule has 0 aliphatic carbocycles. The molecule has 1 rings (SSSR count). The van der Waals surface area contributed by atoms with Gasteiger partial charge in [0, 0.05) is 0 Å². The van der Waals surface area contributed by atoms with Crippen LogP contribution in [0.4, 0.5) is 27.6 Å². The van der Waals surface area contributed by atoms with Crippen molar-refractivity contribution in [1.29, 1.82) is 0 Å². The first-order valence-electron chi connectivity index (χ1n) is 4.59. The number of carbonyl (C=O) groups is 1. The van der Waals surface area contributed by atoms with Crippen LogP contribution in [0.2, 0.25) is 0 Å². The van der Waals surface area contributed by atoms with E-state index in [1.165, 1.54) is 13.8 Å². The van der Waals surface area contributed by atoms with Crippen LogP contribution in [0.15, 0.2) is 0 Å². The van der Waals surface area contributed by atoms with Crippen LogP contribution < -0.4 is 5.32 Å². The molecule has 0 aliphatic rings. The molecule has 0 bridgehead atoms.